The molecule has 0 aliphatic rings. The highest BCUT2D eigenvalue weighted by atomic mass is 19.1. The van der Waals surface area contributed by atoms with Gasteiger partial charge >= 0.3 is 0 Å². The third-order valence-corrected chi connectivity index (χ3v) is 1.93. The number of amides is 1. The number of carbonyl (C=O) groups excluding carboxylic acids is 1. The van der Waals surface area contributed by atoms with Crippen LogP contribution in [0, 0.1) is 5.82 Å². The van der Waals surface area contributed by atoms with Crippen LogP contribution < -0.4 is 10.1 Å². The lowest BCUT2D eigenvalue weighted by Gasteiger charge is -2.16. The molecule has 0 saturated heterocycles. The molecule has 0 unspecified atom stereocenters. The van der Waals surface area contributed by atoms with Crippen molar-refractivity contribution in [2.45, 2.75) is 32.9 Å². The Labute approximate surface area is 94.6 Å². The van der Waals surface area contributed by atoms with Gasteiger partial charge in [-0.25, -0.2) is 4.39 Å². The van der Waals surface area contributed by atoms with Crippen molar-refractivity contribution in [2.24, 2.45) is 0 Å². The summed E-state index contributed by atoms with van der Waals surface area (Å²) in [6.07, 6.45) is -0.590. The molecule has 0 bridgehead atoms. The van der Waals surface area contributed by atoms with E-state index in [1.54, 1.807) is 6.92 Å². The van der Waals surface area contributed by atoms with Gasteiger partial charge in [-0.1, -0.05) is 0 Å². The number of ether oxygens (including phenoxy) is 1. The summed E-state index contributed by atoms with van der Waals surface area (Å²) in [5, 5.41) is 2.74. The predicted molar refractivity (Wildman–Crippen MR) is 59.8 cm³/mol. The Hall–Kier alpha value is -1.58. The van der Waals surface area contributed by atoms with Crippen LogP contribution in [0.4, 0.5) is 4.39 Å². The largest absolute Gasteiger partial charge is 0.481 e. The first-order chi connectivity index (χ1) is 7.49. The summed E-state index contributed by atoms with van der Waals surface area (Å²) in [4.78, 5) is 11.5. The molecule has 1 aromatic rings. The fourth-order valence-corrected chi connectivity index (χ4v) is 1.17. The number of benzene rings is 1. The van der Waals surface area contributed by atoms with Crippen molar-refractivity contribution >= 4 is 5.91 Å². The summed E-state index contributed by atoms with van der Waals surface area (Å²) >= 11 is 0. The minimum absolute atomic E-state index is 0.0757. The molecule has 0 spiro atoms. The first kappa shape index (κ1) is 12.5. The van der Waals surface area contributed by atoms with Crippen molar-refractivity contribution in [3.05, 3.63) is 30.1 Å². The summed E-state index contributed by atoms with van der Waals surface area (Å²) in [5.41, 5.74) is 0. The Morgan fingerprint density at radius 3 is 2.31 bits per heavy atom. The van der Waals surface area contributed by atoms with Crippen LogP contribution in [0.25, 0.3) is 0 Å². The van der Waals surface area contributed by atoms with Crippen molar-refractivity contribution in [3.63, 3.8) is 0 Å². The van der Waals surface area contributed by atoms with Crippen LogP contribution in [0.3, 0.4) is 0 Å². The van der Waals surface area contributed by atoms with Gasteiger partial charge in [0.05, 0.1) is 0 Å². The van der Waals surface area contributed by atoms with E-state index in [2.05, 4.69) is 5.32 Å². The molecule has 3 nitrogen and oxygen atoms in total. The van der Waals surface area contributed by atoms with Gasteiger partial charge in [-0.3, -0.25) is 4.79 Å². The highest BCUT2D eigenvalue weighted by molar-refractivity contribution is 5.80. The Kier molecular flexibility index (Phi) is 4.28. The SMILES string of the molecule is CC(C)NC(=O)[C@@H](C)Oc1ccc(F)cc1. The van der Waals surface area contributed by atoms with Gasteiger partial charge in [-0.15, -0.1) is 0 Å². The lowest BCUT2D eigenvalue weighted by molar-refractivity contribution is -0.127. The topological polar surface area (TPSA) is 38.3 Å². The van der Waals surface area contributed by atoms with Gasteiger partial charge in [0, 0.05) is 6.04 Å². The average Bonchev–Trinajstić information content (AvgIpc) is 2.20. The van der Waals surface area contributed by atoms with Gasteiger partial charge in [0.15, 0.2) is 6.10 Å². The summed E-state index contributed by atoms with van der Waals surface area (Å²) in [7, 11) is 0. The molecule has 1 amide bonds. The smallest absolute Gasteiger partial charge is 0.260 e. The third-order valence-electron chi connectivity index (χ3n) is 1.93. The molecular formula is C12H16FNO2. The van der Waals surface area contributed by atoms with Crippen LogP contribution in [-0.4, -0.2) is 18.1 Å². The number of rotatable bonds is 4. The van der Waals surface area contributed by atoms with E-state index in [0.717, 1.165) is 0 Å². The maximum atomic E-state index is 12.6. The van der Waals surface area contributed by atoms with Crippen LogP contribution in [-0.2, 0) is 4.79 Å². The third kappa shape index (κ3) is 3.88. The molecule has 0 aliphatic heterocycles. The Morgan fingerprint density at radius 1 is 1.25 bits per heavy atom. The van der Waals surface area contributed by atoms with Gasteiger partial charge < -0.3 is 10.1 Å². The summed E-state index contributed by atoms with van der Waals surface area (Å²) in [5.74, 6) is -0.0289. The van der Waals surface area contributed by atoms with E-state index in [-0.39, 0.29) is 17.8 Å². The van der Waals surface area contributed by atoms with E-state index in [1.165, 1.54) is 24.3 Å². The Morgan fingerprint density at radius 2 is 1.81 bits per heavy atom. The molecule has 0 saturated carbocycles. The maximum Gasteiger partial charge on any atom is 0.260 e. The van der Waals surface area contributed by atoms with Crippen LogP contribution in [0.1, 0.15) is 20.8 Å². The molecule has 0 aliphatic carbocycles. The first-order valence-electron chi connectivity index (χ1n) is 5.21. The monoisotopic (exact) mass is 225 g/mol. The molecule has 0 fully saturated rings. The zero-order valence-corrected chi connectivity index (χ0v) is 9.66. The van der Waals surface area contributed by atoms with Gasteiger partial charge in [-0.2, -0.15) is 0 Å². The molecule has 0 heterocycles. The Balaban J connectivity index is 2.53. The van der Waals surface area contributed by atoms with Gasteiger partial charge in [0.25, 0.3) is 5.91 Å². The summed E-state index contributed by atoms with van der Waals surface area (Å²) in [6.45, 7) is 5.41. The second kappa shape index (κ2) is 5.49. The van der Waals surface area contributed by atoms with E-state index in [9.17, 15) is 9.18 Å². The predicted octanol–water partition coefficient (Wildman–Crippen LogP) is 2.12. The van der Waals surface area contributed by atoms with E-state index in [4.69, 9.17) is 4.74 Å². The molecular weight excluding hydrogens is 209 g/mol. The second-order valence-corrected chi connectivity index (χ2v) is 3.88. The fourth-order valence-electron chi connectivity index (χ4n) is 1.17. The van der Waals surface area contributed by atoms with Crippen molar-refractivity contribution in [2.75, 3.05) is 0 Å². The number of nitrogens with one attached hydrogen (secondary N) is 1. The Bertz CT molecular complexity index is 349. The standard InChI is InChI=1S/C12H16FNO2/c1-8(2)14-12(15)9(3)16-11-6-4-10(13)5-7-11/h4-9H,1-3H3,(H,14,15)/t9-/m1/s1. The van der Waals surface area contributed by atoms with Crippen molar-refractivity contribution in [1.29, 1.82) is 0 Å². The average molecular weight is 225 g/mol. The van der Waals surface area contributed by atoms with Crippen molar-refractivity contribution in [3.8, 4) is 5.75 Å². The van der Waals surface area contributed by atoms with Crippen LogP contribution in [0.5, 0.6) is 5.75 Å². The fraction of sp³-hybridized carbons (Fsp3) is 0.417. The van der Waals surface area contributed by atoms with Crippen LogP contribution in [0.2, 0.25) is 0 Å². The minimum Gasteiger partial charge on any atom is -0.481 e. The molecule has 1 rings (SSSR count). The number of halogens is 1. The molecule has 1 aromatic carbocycles. The lowest BCUT2D eigenvalue weighted by Crippen LogP contribution is -2.40. The molecule has 1 atom stereocenters. The first-order valence-corrected chi connectivity index (χ1v) is 5.21. The summed E-state index contributed by atoms with van der Waals surface area (Å²) < 4.78 is 18.0. The number of hydrogen-bond acceptors (Lipinski definition) is 2. The van der Waals surface area contributed by atoms with Gasteiger partial charge in [-0.05, 0) is 45.0 Å². The minimum atomic E-state index is -0.590. The number of hydrogen-bond donors (Lipinski definition) is 1. The zero-order chi connectivity index (χ0) is 12.1. The van der Waals surface area contributed by atoms with Gasteiger partial charge in [0.2, 0.25) is 0 Å². The molecule has 0 aromatic heterocycles. The van der Waals surface area contributed by atoms with Crippen LogP contribution in [0.15, 0.2) is 24.3 Å². The lowest BCUT2D eigenvalue weighted by atomic mass is 10.3. The molecule has 16 heavy (non-hydrogen) atoms. The summed E-state index contributed by atoms with van der Waals surface area (Å²) in [6, 6.07) is 5.65. The zero-order valence-electron chi connectivity index (χ0n) is 9.66. The normalized spacial score (nSPS) is 12.3. The highest BCUT2D eigenvalue weighted by Crippen LogP contribution is 2.12. The maximum absolute atomic E-state index is 12.6. The molecule has 1 N–H and O–H groups in total. The van der Waals surface area contributed by atoms with E-state index < -0.39 is 6.10 Å². The molecule has 4 heteroatoms. The second-order valence-electron chi connectivity index (χ2n) is 3.88. The molecule has 88 valence electrons. The quantitative estimate of drug-likeness (QED) is 0.852. The van der Waals surface area contributed by atoms with Crippen molar-refractivity contribution in [1.82, 2.24) is 5.32 Å². The van der Waals surface area contributed by atoms with E-state index in [1.807, 2.05) is 13.8 Å². The molecule has 0 radical (unpaired) electrons. The number of carbonyl (C=O) groups is 1. The van der Waals surface area contributed by atoms with E-state index >= 15 is 0 Å². The van der Waals surface area contributed by atoms with Crippen molar-refractivity contribution < 1.29 is 13.9 Å². The van der Waals surface area contributed by atoms with Gasteiger partial charge in [0.1, 0.15) is 11.6 Å². The van der Waals surface area contributed by atoms with Crippen LogP contribution >= 0.6 is 0 Å². The van der Waals surface area contributed by atoms with E-state index in [0.29, 0.717) is 5.75 Å². The highest BCUT2D eigenvalue weighted by Gasteiger charge is 2.14.